The molecule has 22 heavy (non-hydrogen) atoms. The molecule has 0 aliphatic heterocycles. The molecule has 1 aliphatic rings. The maximum Gasteiger partial charge on any atom is 0.134 e. The van der Waals surface area contributed by atoms with E-state index in [-0.39, 0.29) is 6.61 Å². The summed E-state index contributed by atoms with van der Waals surface area (Å²) in [5, 5.41) is 9.80. The van der Waals surface area contributed by atoms with Crippen LogP contribution < -0.4 is 4.90 Å². The maximum atomic E-state index is 9.80. The van der Waals surface area contributed by atoms with E-state index in [1.807, 2.05) is 7.05 Å². The number of aliphatic hydroxyl groups is 1. The van der Waals surface area contributed by atoms with Crippen LogP contribution in [0.2, 0.25) is 0 Å². The first-order valence-electron chi connectivity index (χ1n) is 8.45. The molecule has 0 unspecified atom stereocenters. The van der Waals surface area contributed by atoms with Gasteiger partial charge in [0, 0.05) is 31.9 Å². The van der Waals surface area contributed by atoms with Gasteiger partial charge in [0.05, 0.1) is 17.6 Å². The van der Waals surface area contributed by atoms with Gasteiger partial charge in [-0.3, -0.25) is 0 Å². The van der Waals surface area contributed by atoms with Crippen LogP contribution in [0.5, 0.6) is 0 Å². The fraction of sp³-hybridized carbons (Fsp3) is 0.611. The van der Waals surface area contributed by atoms with Crippen LogP contribution in [0.15, 0.2) is 12.3 Å². The molecule has 2 heterocycles. The van der Waals surface area contributed by atoms with Gasteiger partial charge in [-0.1, -0.05) is 12.8 Å². The molecule has 1 saturated carbocycles. The Morgan fingerprint density at radius 1 is 1.36 bits per heavy atom. The highest BCUT2D eigenvalue weighted by Gasteiger charge is 2.21. The molecular formula is C18H27N3O. The second kappa shape index (κ2) is 6.29. The van der Waals surface area contributed by atoms with Crippen LogP contribution in [0.4, 0.5) is 5.82 Å². The van der Waals surface area contributed by atoms with E-state index in [0.717, 1.165) is 41.4 Å². The molecule has 0 saturated heterocycles. The zero-order chi connectivity index (χ0) is 15.7. The largest absolute Gasteiger partial charge is 0.392 e. The first-order valence-corrected chi connectivity index (χ1v) is 8.45. The number of aliphatic hydroxyl groups excluding tert-OH is 1. The first kappa shape index (κ1) is 15.3. The van der Waals surface area contributed by atoms with E-state index in [4.69, 9.17) is 4.98 Å². The van der Waals surface area contributed by atoms with Crippen molar-refractivity contribution in [1.29, 1.82) is 0 Å². The summed E-state index contributed by atoms with van der Waals surface area (Å²) in [5.74, 6) is 1.75. The molecule has 4 heteroatoms. The lowest BCUT2D eigenvalue weighted by atomic mass is 10.1. The molecule has 4 nitrogen and oxygen atoms in total. The Morgan fingerprint density at radius 2 is 2.09 bits per heavy atom. The molecule has 2 aromatic heterocycles. The topological polar surface area (TPSA) is 41.3 Å². The minimum Gasteiger partial charge on any atom is -0.392 e. The Morgan fingerprint density at radius 3 is 2.73 bits per heavy atom. The predicted octanol–water partition coefficient (Wildman–Crippen LogP) is 3.39. The van der Waals surface area contributed by atoms with Crippen LogP contribution in [-0.2, 0) is 13.7 Å². The van der Waals surface area contributed by atoms with Gasteiger partial charge in [-0.2, -0.15) is 0 Å². The van der Waals surface area contributed by atoms with Crippen molar-refractivity contribution < 1.29 is 5.11 Å². The van der Waals surface area contributed by atoms with E-state index >= 15 is 0 Å². The number of anilines is 1. The Labute approximate surface area is 132 Å². The maximum absolute atomic E-state index is 9.80. The molecule has 0 bridgehead atoms. The summed E-state index contributed by atoms with van der Waals surface area (Å²) in [5.41, 5.74) is 4.29. The van der Waals surface area contributed by atoms with E-state index in [0.29, 0.717) is 0 Å². The minimum absolute atomic E-state index is 0.0453. The molecule has 1 fully saturated rings. The zero-order valence-electron chi connectivity index (χ0n) is 14.0. The van der Waals surface area contributed by atoms with E-state index in [1.54, 1.807) is 0 Å². The molecule has 120 valence electrons. The monoisotopic (exact) mass is 301 g/mol. The van der Waals surface area contributed by atoms with Crippen LogP contribution in [0.3, 0.4) is 0 Å². The third-order valence-electron chi connectivity index (χ3n) is 5.00. The van der Waals surface area contributed by atoms with Crippen molar-refractivity contribution in [3.8, 4) is 0 Å². The Kier molecular flexibility index (Phi) is 4.39. The van der Waals surface area contributed by atoms with Crippen molar-refractivity contribution in [2.24, 2.45) is 13.0 Å². The van der Waals surface area contributed by atoms with Crippen molar-refractivity contribution in [3.05, 3.63) is 23.4 Å². The summed E-state index contributed by atoms with van der Waals surface area (Å²) in [6.07, 6.45) is 7.49. The van der Waals surface area contributed by atoms with Crippen molar-refractivity contribution >= 4 is 16.9 Å². The number of fused-ring (bicyclic) bond motifs is 1. The molecule has 0 spiro atoms. The van der Waals surface area contributed by atoms with Gasteiger partial charge in [0.25, 0.3) is 0 Å². The van der Waals surface area contributed by atoms with E-state index in [1.165, 1.54) is 31.2 Å². The highest BCUT2D eigenvalue weighted by Crippen LogP contribution is 2.30. The Balaban J connectivity index is 2.00. The molecule has 0 amide bonds. The van der Waals surface area contributed by atoms with Crippen molar-refractivity contribution in [3.63, 3.8) is 0 Å². The Hall–Kier alpha value is -1.55. The number of hydrogen-bond donors (Lipinski definition) is 1. The van der Waals surface area contributed by atoms with Crippen LogP contribution >= 0.6 is 0 Å². The van der Waals surface area contributed by atoms with Crippen molar-refractivity contribution in [1.82, 2.24) is 9.55 Å². The minimum atomic E-state index is 0.0453. The van der Waals surface area contributed by atoms with Gasteiger partial charge in [-0.25, -0.2) is 4.98 Å². The molecule has 0 radical (unpaired) electrons. The quantitative estimate of drug-likeness (QED) is 0.920. The molecule has 0 aromatic carbocycles. The lowest BCUT2D eigenvalue weighted by molar-refractivity contribution is 0.281. The predicted molar refractivity (Wildman–Crippen MR) is 91.2 cm³/mol. The highest BCUT2D eigenvalue weighted by atomic mass is 16.3. The molecule has 3 rings (SSSR count). The van der Waals surface area contributed by atoms with Crippen LogP contribution in [0.25, 0.3) is 11.0 Å². The summed E-state index contributed by atoms with van der Waals surface area (Å²) < 4.78 is 2.09. The summed E-state index contributed by atoms with van der Waals surface area (Å²) in [6, 6.07) is 2.10. The van der Waals surface area contributed by atoms with Crippen LogP contribution in [0, 0.1) is 12.8 Å². The van der Waals surface area contributed by atoms with E-state index in [9.17, 15) is 5.11 Å². The molecule has 1 N–H and O–H groups in total. The zero-order valence-corrected chi connectivity index (χ0v) is 14.0. The lowest BCUT2D eigenvalue weighted by Crippen LogP contribution is -2.30. The number of rotatable bonds is 5. The van der Waals surface area contributed by atoms with Gasteiger partial charge in [0.2, 0.25) is 0 Å². The highest BCUT2D eigenvalue weighted by molar-refractivity contribution is 5.82. The van der Waals surface area contributed by atoms with Crippen molar-refractivity contribution in [2.75, 3.05) is 18.0 Å². The molecule has 1 aliphatic carbocycles. The fourth-order valence-corrected chi connectivity index (χ4v) is 3.77. The third-order valence-corrected chi connectivity index (χ3v) is 5.00. The number of pyridine rings is 1. The average molecular weight is 301 g/mol. The Bertz CT molecular complexity index is 656. The summed E-state index contributed by atoms with van der Waals surface area (Å²) in [7, 11) is 2.04. The summed E-state index contributed by atoms with van der Waals surface area (Å²) >= 11 is 0. The normalized spacial score (nSPS) is 15.8. The van der Waals surface area contributed by atoms with Gasteiger partial charge in [0.1, 0.15) is 5.82 Å². The SMILES string of the molecule is CCN(CC1CCCC1)c1nc2c(C)cn(C)c2cc1CO. The standard InChI is InChI=1S/C18H27N3O/c1-4-21(11-14-7-5-6-8-14)18-15(12-22)9-16-17(19-18)13(2)10-20(16)3/h9-10,14,22H,4-8,11-12H2,1-3H3. The summed E-state index contributed by atoms with van der Waals surface area (Å²) in [6.45, 7) is 6.33. The second-order valence-electron chi connectivity index (χ2n) is 6.61. The van der Waals surface area contributed by atoms with Gasteiger partial charge >= 0.3 is 0 Å². The molecule has 0 atom stereocenters. The molecule has 2 aromatic rings. The second-order valence-corrected chi connectivity index (χ2v) is 6.61. The van der Waals surface area contributed by atoms with Gasteiger partial charge < -0.3 is 14.6 Å². The lowest BCUT2D eigenvalue weighted by Gasteiger charge is -2.27. The number of nitrogens with zero attached hydrogens (tertiary/aromatic N) is 3. The number of aromatic nitrogens is 2. The fourth-order valence-electron chi connectivity index (χ4n) is 3.77. The van der Waals surface area contributed by atoms with Crippen LogP contribution in [0.1, 0.15) is 43.7 Å². The molecular weight excluding hydrogens is 274 g/mol. The van der Waals surface area contributed by atoms with Crippen molar-refractivity contribution in [2.45, 2.75) is 46.1 Å². The number of aryl methyl sites for hydroxylation is 2. The third kappa shape index (κ3) is 2.72. The van der Waals surface area contributed by atoms with Gasteiger partial charge in [-0.15, -0.1) is 0 Å². The first-order chi connectivity index (χ1) is 10.6. The van der Waals surface area contributed by atoms with Gasteiger partial charge in [0.15, 0.2) is 0 Å². The van der Waals surface area contributed by atoms with Crippen LogP contribution in [-0.4, -0.2) is 27.7 Å². The number of hydrogen-bond acceptors (Lipinski definition) is 3. The smallest absolute Gasteiger partial charge is 0.134 e. The van der Waals surface area contributed by atoms with E-state index in [2.05, 4.69) is 35.6 Å². The summed E-state index contributed by atoms with van der Waals surface area (Å²) in [4.78, 5) is 7.28. The average Bonchev–Trinajstić information content (AvgIpc) is 3.12. The van der Waals surface area contributed by atoms with E-state index < -0.39 is 0 Å². The van der Waals surface area contributed by atoms with Gasteiger partial charge in [-0.05, 0) is 44.2 Å².